The molecule has 1 saturated carbocycles. The molecule has 2 fully saturated rings. The molecule has 22 heavy (non-hydrogen) atoms. The first-order chi connectivity index (χ1) is 10.1. The van der Waals surface area contributed by atoms with E-state index >= 15 is 0 Å². The maximum absolute atomic E-state index is 5.47. The molecule has 1 aliphatic carbocycles. The molecule has 5 nitrogen and oxygen atoms in total. The van der Waals surface area contributed by atoms with E-state index in [1.165, 1.54) is 19.3 Å². The van der Waals surface area contributed by atoms with Gasteiger partial charge >= 0.3 is 0 Å². The van der Waals surface area contributed by atoms with Crippen LogP contribution in [-0.2, 0) is 4.74 Å². The van der Waals surface area contributed by atoms with Crippen molar-refractivity contribution in [1.82, 2.24) is 15.1 Å². The van der Waals surface area contributed by atoms with E-state index in [9.17, 15) is 0 Å². The molecule has 0 aromatic carbocycles. The van der Waals surface area contributed by atoms with Crippen molar-refractivity contribution in [3.8, 4) is 0 Å². The van der Waals surface area contributed by atoms with E-state index in [2.05, 4.69) is 43.1 Å². The predicted molar refractivity (Wildman–Crippen MR) is 103 cm³/mol. The number of rotatable bonds is 7. The van der Waals surface area contributed by atoms with E-state index in [0.717, 1.165) is 44.8 Å². The highest BCUT2D eigenvalue weighted by Gasteiger charge is 2.29. The van der Waals surface area contributed by atoms with Crippen molar-refractivity contribution in [2.75, 3.05) is 46.9 Å². The summed E-state index contributed by atoms with van der Waals surface area (Å²) in [4.78, 5) is 9.56. The van der Waals surface area contributed by atoms with Gasteiger partial charge in [0.15, 0.2) is 5.96 Å². The summed E-state index contributed by atoms with van der Waals surface area (Å²) in [6.07, 6.45) is 3.88. The second-order valence-electron chi connectivity index (χ2n) is 6.55. The lowest BCUT2D eigenvalue weighted by molar-refractivity contribution is 0.181. The van der Waals surface area contributed by atoms with Crippen molar-refractivity contribution >= 4 is 29.9 Å². The molecule has 0 amide bonds. The molecule has 0 bridgehead atoms. The number of aliphatic imine (C=N–C) groups is 1. The molecule has 6 heteroatoms. The van der Waals surface area contributed by atoms with Crippen LogP contribution in [0.5, 0.6) is 0 Å². The van der Waals surface area contributed by atoms with Crippen molar-refractivity contribution in [3.05, 3.63) is 0 Å². The first-order valence-corrected chi connectivity index (χ1v) is 8.41. The molecule has 2 rings (SSSR count). The molecule has 1 aliphatic heterocycles. The summed E-state index contributed by atoms with van der Waals surface area (Å²) in [5.74, 6) is 1.67. The van der Waals surface area contributed by atoms with Crippen molar-refractivity contribution in [3.63, 3.8) is 0 Å². The van der Waals surface area contributed by atoms with Crippen LogP contribution in [0.1, 0.15) is 33.1 Å². The summed E-state index contributed by atoms with van der Waals surface area (Å²) in [6.45, 7) is 9.01. The molecule has 2 atom stereocenters. The lowest BCUT2D eigenvalue weighted by Crippen LogP contribution is -2.42. The zero-order valence-corrected chi connectivity index (χ0v) is 16.9. The second kappa shape index (κ2) is 9.93. The van der Waals surface area contributed by atoms with Gasteiger partial charge in [-0.3, -0.25) is 9.89 Å². The molecule has 0 aromatic rings. The van der Waals surface area contributed by atoms with Gasteiger partial charge in [-0.25, -0.2) is 0 Å². The Balaban J connectivity index is 0.00000242. The summed E-state index contributed by atoms with van der Waals surface area (Å²) in [6, 6.07) is 1.31. The Morgan fingerprint density at radius 3 is 2.59 bits per heavy atom. The number of guanidine groups is 1. The second-order valence-corrected chi connectivity index (χ2v) is 6.55. The third-order valence-corrected chi connectivity index (χ3v) is 4.58. The van der Waals surface area contributed by atoms with Crippen LogP contribution < -0.4 is 5.32 Å². The lowest BCUT2D eigenvalue weighted by atomic mass is 10.1. The molecule has 0 aromatic heterocycles. The quantitative estimate of drug-likeness (QED) is 0.386. The largest absolute Gasteiger partial charge is 0.381 e. The van der Waals surface area contributed by atoms with Gasteiger partial charge < -0.3 is 15.0 Å². The van der Waals surface area contributed by atoms with Gasteiger partial charge in [0, 0.05) is 44.7 Å². The lowest BCUT2D eigenvalue weighted by Gasteiger charge is -2.27. The molecule has 130 valence electrons. The smallest absolute Gasteiger partial charge is 0.193 e. The van der Waals surface area contributed by atoms with Gasteiger partial charge in [-0.1, -0.05) is 0 Å². The van der Waals surface area contributed by atoms with E-state index in [1.807, 2.05) is 0 Å². The molecule has 2 unspecified atom stereocenters. The molecular weight excluding hydrogens is 391 g/mol. The Morgan fingerprint density at radius 2 is 2.05 bits per heavy atom. The number of hydrogen-bond donors (Lipinski definition) is 1. The maximum atomic E-state index is 5.47. The summed E-state index contributed by atoms with van der Waals surface area (Å²) in [5.41, 5.74) is 0. The zero-order valence-electron chi connectivity index (χ0n) is 14.5. The molecule has 0 radical (unpaired) electrons. The highest BCUT2D eigenvalue weighted by atomic mass is 127. The van der Waals surface area contributed by atoms with Crippen LogP contribution in [0.3, 0.4) is 0 Å². The number of halogens is 1. The van der Waals surface area contributed by atoms with Crippen molar-refractivity contribution in [1.29, 1.82) is 0 Å². The maximum Gasteiger partial charge on any atom is 0.193 e. The van der Waals surface area contributed by atoms with Crippen molar-refractivity contribution in [2.45, 2.75) is 45.2 Å². The molecule has 1 saturated heterocycles. The molecule has 1 N–H and O–H groups in total. The van der Waals surface area contributed by atoms with Gasteiger partial charge in [0.05, 0.1) is 13.2 Å². The first-order valence-electron chi connectivity index (χ1n) is 8.41. The van der Waals surface area contributed by atoms with Gasteiger partial charge in [0.1, 0.15) is 0 Å². The van der Waals surface area contributed by atoms with Crippen LogP contribution in [0.15, 0.2) is 4.99 Å². The Labute approximate surface area is 152 Å². The minimum Gasteiger partial charge on any atom is -0.381 e. The van der Waals surface area contributed by atoms with Crippen molar-refractivity contribution in [2.24, 2.45) is 10.9 Å². The molecule has 0 spiro atoms. The topological polar surface area (TPSA) is 40.1 Å². The van der Waals surface area contributed by atoms with Gasteiger partial charge in [-0.2, -0.15) is 0 Å². The summed E-state index contributed by atoms with van der Waals surface area (Å²) < 4.78 is 5.47. The van der Waals surface area contributed by atoms with E-state index in [4.69, 9.17) is 9.73 Å². The fourth-order valence-corrected chi connectivity index (χ4v) is 2.86. The summed E-state index contributed by atoms with van der Waals surface area (Å²) in [7, 11) is 4.36. The molecule has 2 aliphatic rings. The number of ether oxygens (including phenoxy) is 1. The zero-order chi connectivity index (χ0) is 15.2. The molecular formula is C16H33IN4O. The number of nitrogens with zero attached hydrogens (tertiary/aromatic N) is 3. The third kappa shape index (κ3) is 6.20. The van der Waals surface area contributed by atoms with E-state index in [1.54, 1.807) is 0 Å². The monoisotopic (exact) mass is 424 g/mol. The first kappa shape index (κ1) is 20.0. The van der Waals surface area contributed by atoms with E-state index in [-0.39, 0.29) is 24.0 Å². The van der Waals surface area contributed by atoms with Crippen LogP contribution >= 0.6 is 24.0 Å². The highest BCUT2D eigenvalue weighted by molar-refractivity contribution is 14.0. The van der Waals surface area contributed by atoms with Gasteiger partial charge in [0.25, 0.3) is 0 Å². The number of hydrogen-bond acceptors (Lipinski definition) is 3. The molecule has 1 heterocycles. The fraction of sp³-hybridized carbons (Fsp3) is 0.938. The van der Waals surface area contributed by atoms with Crippen LogP contribution in [0.2, 0.25) is 0 Å². The SMILES string of the molecule is CCNC(=NCC(C)N(C)C1CC1)N(C)CC1CCOC1.I. The Kier molecular flexibility index (Phi) is 9.01. The summed E-state index contributed by atoms with van der Waals surface area (Å²) >= 11 is 0. The van der Waals surface area contributed by atoms with E-state index in [0.29, 0.717) is 12.0 Å². The third-order valence-electron chi connectivity index (χ3n) is 4.58. The average molecular weight is 424 g/mol. The minimum atomic E-state index is 0. The normalized spacial score (nSPS) is 23.3. The Hall–Kier alpha value is -0.0800. The Bertz CT molecular complexity index is 343. The van der Waals surface area contributed by atoms with Gasteiger partial charge in [0.2, 0.25) is 0 Å². The van der Waals surface area contributed by atoms with Crippen LogP contribution in [0, 0.1) is 5.92 Å². The highest BCUT2D eigenvalue weighted by Crippen LogP contribution is 2.26. The summed E-state index contributed by atoms with van der Waals surface area (Å²) in [5, 5.41) is 3.41. The van der Waals surface area contributed by atoms with Crippen LogP contribution in [0.4, 0.5) is 0 Å². The van der Waals surface area contributed by atoms with Crippen molar-refractivity contribution < 1.29 is 4.74 Å². The van der Waals surface area contributed by atoms with Crippen LogP contribution in [-0.4, -0.2) is 74.8 Å². The minimum absolute atomic E-state index is 0. The fourth-order valence-electron chi connectivity index (χ4n) is 2.86. The standard InChI is InChI=1S/C16H32N4O.HI/c1-5-17-16(19(3)11-14-8-9-21-12-14)18-10-13(2)20(4)15-6-7-15;/h13-15H,5-12H2,1-4H3,(H,17,18);1H. The van der Waals surface area contributed by atoms with E-state index < -0.39 is 0 Å². The Morgan fingerprint density at radius 1 is 1.32 bits per heavy atom. The van der Waals surface area contributed by atoms with Crippen LogP contribution in [0.25, 0.3) is 0 Å². The predicted octanol–water partition coefficient (Wildman–Crippen LogP) is 2.02. The van der Waals surface area contributed by atoms with Gasteiger partial charge in [-0.15, -0.1) is 24.0 Å². The number of nitrogens with one attached hydrogen (secondary N) is 1. The average Bonchev–Trinajstić information content (AvgIpc) is 3.20. The number of likely N-dealkylation sites (N-methyl/N-ethyl adjacent to an activating group) is 1. The van der Waals surface area contributed by atoms with Gasteiger partial charge in [-0.05, 0) is 40.2 Å².